The Hall–Kier alpha value is -2.61. The summed E-state index contributed by atoms with van der Waals surface area (Å²) >= 11 is 1.42. The number of carboxylic acid groups (broad SMARTS) is 1. The lowest BCUT2D eigenvalue weighted by molar-refractivity contribution is -0.143. The van der Waals surface area contributed by atoms with E-state index in [1.54, 1.807) is 19.2 Å². The Bertz CT molecular complexity index is 802. The molecule has 1 atom stereocenters. The van der Waals surface area contributed by atoms with Gasteiger partial charge in [-0.05, 0) is 24.1 Å². The number of fused-ring (bicyclic) bond motifs is 1. The molecule has 1 aromatic heterocycles. The van der Waals surface area contributed by atoms with Gasteiger partial charge in [0, 0.05) is 10.9 Å². The maximum Gasteiger partial charge on any atom is 0.326 e. The number of nitrogens with zero attached hydrogens (tertiary/aromatic N) is 1. The predicted molar refractivity (Wildman–Crippen MR) is 91.8 cm³/mol. The molecule has 2 aromatic rings. The van der Waals surface area contributed by atoms with Crippen molar-refractivity contribution in [2.75, 3.05) is 6.79 Å². The van der Waals surface area contributed by atoms with Crippen molar-refractivity contribution in [3.05, 3.63) is 29.3 Å². The number of carboxylic acids is 1. The first kappa shape index (κ1) is 17.2. The SMILES string of the molecule is CC(C)C(NC(=O)Cc1csc(-c2ccc3c(c2)OCO3)n1)C(=O)O. The number of rotatable bonds is 6. The fourth-order valence-corrected chi connectivity index (χ4v) is 3.27. The summed E-state index contributed by atoms with van der Waals surface area (Å²) in [6.07, 6.45) is 0.0392. The number of benzene rings is 1. The Morgan fingerprint density at radius 1 is 1.32 bits per heavy atom. The molecule has 1 amide bonds. The summed E-state index contributed by atoms with van der Waals surface area (Å²) in [5.41, 5.74) is 1.48. The molecule has 1 aliphatic rings. The number of ether oxygens (including phenoxy) is 2. The van der Waals surface area contributed by atoms with E-state index in [2.05, 4.69) is 10.3 Å². The van der Waals surface area contributed by atoms with Gasteiger partial charge >= 0.3 is 5.97 Å². The summed E-state index contributed by atoms with van der Waals surface area (Å²) in [5, 5.41) is 14.2. The van der Waals surface area contributed by atoms with Crippen LogP contribution in [0.2, 0.25) is 0 Å². The topological polar surface area (TPSA) is 97.8 Å². The van der Waals surface area contributed by atoms with E-state index in [1.807, 2.05) is 18.2 Å². The van der Waals surface area contributed by atoms with Gasteiger partial charge in [-0.15, -0.1) is 11.3 Å². The first-order chi connectivity index (χ1) is 11.9. The van der Waals surface area contributed by atoms with Gasteiger partial charge in [0.25, 0.3) is 0 Å². The molecule has 1 unspecified atom stereocenters. The van der Waals surface area contributed by atoms with Crippen LogP contribution in [0.25, 0.3) is 10.6 Å². The van der Waals surface area contributed by atoms with Crippen molar-refractivity contribution in [3.63, 3.8) is 0 Å². The fraction of sp³-hybridized carbons (Fsp3) is 0.353. The third-order valence-corrected chi connectivity index (χ3v) is 4.70. The first-order valence-corrected chi connectivity index (χ1v) is 8.68. The molecule has 2 N–H and O–H groups in total. The Morgan fingerprint density at radius 3 is 2.80 bits per heavy atom. The number of carbonyl (C=O) groups excluding carboxylic acids is 1. The Kier molecular flexibility index (Phi) is 4.89. The molecule has 0 bridgehead atoms. The van der Waals surface area contributed by atoms with Crippen molar-refractivity contribution in [1.29, 1.82) is 0 Å². The lowest BCUT2D eigenvalue weighted by Crippen LogP contribution is -2.44. The minimum Gasteiger partial charge on any atom is -0.480 e. The smallest absolute Gasteiger partial charge is 0.326 e. The predicted octanol–water partition coefficient (Wildman–Crippen LogP) is 2.31. The molecule has 1 aromatic carbocycles. The van der Waals surface area contributed by atoms with E-state index in [4.69, 9.17) is 14.6 Å². The molecular formula is C17H18N2O5S. The summed E-state index contributed by atoms with van der Waals surface area (Å²) in [4.78, 5) is 27.7. The Balaban J connectivity index is 1.67. The van der Waals surface area contributed by atoms with E-state index in [9.17, 15) is 9.59 Å². The van der Waals surface area contributed by atoms with E-state index in [-0.39, 0.29) is 25.0 Å². The van der Waals surface area contributed by atoms with Crippen LogP contribution >= 0.6 is 11.3 Å². The van der Waals surface area contributed by atoms with Crippen LogP contribution in [0.3, 0.4) is 0 Å². The monoisotopic (exact) mass is 362 g/mol. The van der Waals surface area contributed by atoms with Crippen LogP contribution in [-0.4, -0.2) is 34.8 Å². The van der Waals surface area contributed by atoms with Gasteiger partial charge in [0.05, 0.1) is 12.1 Å². The molecule has 0 fully saturated rings. The van der Waals surface area contributed by atoms with Gasteiger partial charge in [-0.1, -0.05) is 13.8 Å². The number of carbonyl (C=O) groups is 2. The molecule has 0 saturated carbocycles. The molecule has 132 valence electrons. The number of aliphatic carboxylic acids is 1. The van der Waals surface area contributed by atoms with Gasteiger partial charge < -0.3 is 19.9 Å². The van der Waals surface area contributed by atoms with E-state index >= 15 is 0 Å². The summed E-state index contributed by atoms with van der Waals surface area (Å²) in [5.74, 6) is -0.214. The van der Waals surface area contributed by atoms with Crippen LogP contribution in [0.5, 0.6) is 11.5 Å². The Labute approximate surface area is 148 Å². The van der Waals surface area contributed by atoms with Crippen molar-refractivity contribution in [3.8, 4) is 22.1 Å². The summed E-state index contributed by atoms with van der Waals surface area (Å²) in [6.45, 7) is 3.71. The molecule has 0 aliphatic carbocycles. The molecule has 25 heavy (non-hydrogen) atoms. The molecule has 0 saturated heterocycles. The van der Waals surface area contributed by atoms with Crippen LogP contribution in [-0.2, 0) is 16.0 Å². The van der Waals surface area contributed by atoms with Crippen LogP contribution in [0.15, 0.2) is 23.6 Å². The molecule has 7 nitrogen and oxygen atoms in total. The lowest BCUT2D eigenvalue weighted by Gasteiger charge is -2.17. The zero-order chi connectivity index (χ0) is 18.0. The highest BCUT2D eigenvalue weighted by Crippen LogP contribution is 2.36. The quantitative estimate of drug-likeness (QED) is 0.818. The van der Waals surface area contributed by atoms with Gasteiger partial charge in [0.15, 0.2) is 11.5 Å². The number of hydrogen-bond acceptors (Lipinski definition) is 6. The fourth-order valence-electron chi connectivity index (χ4n) is 2.45. The molecule has 1 aliphatic heterocycles. The number of thiazole rings is 1. The molecule has 2 heterocycles. The van der Waals surface area contributed by atoms with Crippen molar-refractivity contribution in [2.45, 2.75) is 26.3 Å². The van der Waals surface area contributed by atoms with E-state index in [0.29, 0.717) is 17.2 Å². The molecular weight excluding hydrogens is 344 g/mol. The van der Waals surface area contributed by atoms with Crippen molar-refractivity contribution < 1.29 is 24.2 Å². The lowest BCUT2D eigenvalue weighted by atomic mass is 10.0. The van der Waals surface area contributed by atoms with Gasteiger partial charge in [0.2, 0.25) is 12.7 Å². The van der Waals surface area contributed by atoms with Crippen molar-refractivity contribution >= 4 is 23.2 Å². The summed E-state index contributed by atoms with van der Waals surface area (Å²) < 4.78 is 10.6. The molecule has 8 heteroatoms. The van der Waals surface area contributed by atoms with Crippen LogP contribution in [0.4, 0.5) is 0 Å². The zero-order valence-corrected chi connectivity index (χ0v) is 14.6. The van der Waals surface area contributed by atoms with Crippen molar-refractivity contribution in [2.24, 2.45) is 5.92 Å². The van der Waals surface area contributed by atoms with Gasteiger partial charge in [0.1, 0.15) is 11.0 Å². The van der Waals surface area contributed by atoms with E-state index in [0.717, 1.165) is 10.6 Å². The van der Waals surface area contributed by atoms with E-state index < -0.39 is 12.0 Å². The van der Waals surface area contributed by atoms with Crippen LogP contribution < -0.4 is 14.8 Å². The normalized spacial score (nSPS) is 13.7. The highest BCUT2D eigenvalue weighted by atomic mass is 32.1. The first-order valence-electron chi connectivity index (χ1n) is 7.80. The van der Waals surface area contributed by atoms with Crippen LogP contribution in [0.1, 0.15) is 19.5 Å². The average Bonchev–Trinajstić information content (AvgIpc) is 3.20. The van der Waals surface area contributed by atoms with Crippen LogP contribution in [0, 0.1) is 5.92 Å². The highest BCUT2D eigenvalue weighted by molar-refractivity contribution is 7.13. The Morgan fingerprint density at radius 2 is 2.08 bits per heavy atom. The van der Waals surface area contributed by atoms with Gasteiger partial charge in [-0.3, -0.25) is 4.79 Å². The average molecular weight is 362 g/mol. The minimum absolute atomic E-state index is 0.0392. The number of amides is 1. The third kappa shape index (κ3) is 3.90. The largest absolute Gasteiger partial charge is 0.480 e. The van der Waals surface area contributed by atoms with E-state index in [1.165, 1.54) is 11.3 Å². The second-order valence-electron chi connectivity index (χ2n) is 6.02. The number of aromatic nitrogens is 1. The maximum atomic E-state index is 12.1. The molecule has 3 rings (SSSR count). The van der Waals surface area contributed by atoms with Gasteiger partial charge in [-0.2, -0.15) is 0 Å². The number of hydrogen-bond donors (Lipinski definition) is 2. The minimum atomic E-state index is -1.04. The molecule has 0 spiro atoms. The second kappa shape index (κ2) is 7.10. The maximum absolute atomic E-state index is 12.1. The second-order valence-corrected chi connectivity index (χ2v) is 6.87. The molecule has 0 radical (unpaired) electrons. The van der Waals surface area contributed by atoms with Gasteiger partial charge in [-0.25, -0.2) is 9.78 Å². The standard InChI is InChI=1S/C17H18N2O5S/c1-9(2)15(17(21)22)19-14(20)6-11-7-25-16(18-11)10-3-4-12-13(5-10)24-8-23-12/h3-5,7,9,15H,6,8H2,1-2H3,(H,19,20)(H,21,22). The number of nitrogens with one attached hydrogen (secondary N) is 1. The highest BCUT2D eigenvalue weighted by Gasteiger charge is 2.24. The third-order valence-electron chi connectivity index (χ3n) is 3.76. The van der Waals surface area contributed by atoms with Crippen molar-refractivity contribution in [1.82, 2.24) is 10.3 Å². The summed E-state index contributed by atoms with van der Waals surface area (Å²) in [7, 11) is 0. The summed E-state index contributed by atoms with van der Waals surface area (Å²) in [6, 6.07) is 4.66. The zero-order valence-electron chi connectivity index (χ0n) is 13.8.